The molecule has 182 valence electrons. The molecule has 0 atom stereocenters. The van der Waals surface area contributed by atoms with Gasteiger partial charge >= 0.3 is 5.97 Å². The lowest BCUT2D eigenvalue weighted by Gasteiger charge is -2.34. The third-order valence-corrected chi connectivity index (χ3v) is 6.07. The first-order valence-corrected chi connectivity index (χ1v) is 11.4. The van der Waals surface area contributed by atoms with Crippen molar-refractivity contribution in [3.8, 4) is 11.5 Å². The Kier molecular flexibility index (Phi) is 8.90. The van der Waals surface area contributed by atoms with Crippen molar-refractivity contribution in [2.75, 3.05) is 41.0 Å². The van der Waals surface area contributed by atoms with Crippen molar-refractivity contribution >= 4 is 17.8 Å². The third-order valence-electron chi connectivity index (χ3n) is 6.07. The Hall–Kier alpha value is -3.55. The van der Waals surface area contributed by atoms with Crippen LogP contribution in [0.2, 0.25) is 0 Å². The molecule has 0 aromatic heterocycles. The fourth-order valence-corrected chi connectivity index (χ4v) is 4.10. The van der Waals surface area contributed by atoms with Crippen LogP contribution >= 0.6 is 0 Å². The molecule has 1 saturated heterocycles. The highest BCUT2D eigenvalue weighted by Gasteiger charge is 2.31. The number of likely N-dealkylation sites (tertiary alicyclic amines) is 1. The van der Waals surface area contributed by atoms with E-state index in [9.17, 15) is 14.4 Å². The van der Waals surface area contributed by atoms with Crippen molar-refractivity contribution < 1.29 is 28.6 Å². The second-order valence-corrected chi connectivity index (χ2v) is 8.24. The number of carbonyl (C=O) groups excluding carboxylic acids is 3. The summed E-state index contributed by atoms with van der Waals surface area (Å²) < 4.78 is 15.3. The minimum absolute atomic E-state index is 0.00269. The van der Waals surface area contributed by atoms with Crippen LogP contribution < -0.4 is 9.47 Å². The van der Waals surface area contributed by atoms with Gasteiger partial charge in [0.1, 0.15) is 11.5 Å². The molecule has 3 rings (SSSR count). The lowest BCUT2D eigenvalue weighted by atomic mass is 9.94. The van der Waals surface area contributed by atoms with E-state index < -0.39 is 0 Å². The zero-order valence-electron chi connectivity index (χ0n) is 20.0. The van der Waals surface area contributed by atoms with Crippen LogP contribution in [0.25, 0.3) is 0 Å². The predicted molar refractivity (Wildman–Crippen MR) is 127 cm³/mol. The van der Waals surface area contributed by atoms with Gasteiger partial charge < -0.3 is 24.0 Å². The summed E-state index contributed by atoms with van der Waals surface area (Å²) in [5.74, 6) is 0.438. The van der Waals surface area contributed by atoms with Crippen LogP contribution in [0.15, 0.2) is 48.5 Å². The number of hydrogen-bond donors (Lipinski definition) is 0. The zero-order chi connectivity index (χ0) is 24.5. The lowest BCUT2D eigenvalue weighted by molar-refractivity contribution is -0.143. The van der Waals surface area contributed by atoms with Crippen molar-refractivity contribution in [1.29, 1.82) is 0 Å². The van der Waals surface area contributed by atoms with E-state index in [1.54, 1.807) is 42.2 Å². The van der Waals surface area contributed by atoms with Gasteiger partial charge in [0.15, 0.2) is 0 Å². The molecule has 8 heteroatoms. The molecule has 2 aromatic rings. The number of methoxy groups -OCH3 is 3. The Labute approximate surface area is 200 Å². The second-order valence-electron chi connectivity index (χ2n) is 8.24. The Morgan fingerprint density at radius 2 is 1.56 bits per heavy atom. The number of piperidine rings is 1. The summed E-state index contributed by atoms with van der Waals surface area (Å²) in [5.41, 5.74) is 1.49. The predicted octanol–water partition coefficient (Wildman–Crippen LogP) is 3.15. The molecule has 0 spiro atoms. The molecule has 0 N–H and O–H groups in total. The van der Waals surface area contributed by atoms with Crippen LogP contribution in [-0.2, 0) is 20.9 Å². The molecule has 34 heavy (non-hydrogen) atoms. The zero-order valence-corrected chi connectivity index (χ0v) is 20.0. The number of hydrogen-bond acceptors (Lipinski definition) is 6. The van der Waals surface area contributed by atoms with Crippen molar-refractivity contribution in [2.24, 2.45) is 5.92 Å². The molecular weight excluding hydrogens is 436 g/mol. The van der Waals surface area contributed by atoms with Gasteiger partial charge in [0.25, 0.3) is 5.91 Å². The first kappa shape index (κ1) is 25.1. The normalized spacial score (nSPS) is 13.8. The van der Waals surface area contributed by atoms with Gasteiger partial charge in [0.2, 0.25) is 5.91 Å². The fraction of sp³-hybridized carbons (Fsp3) is 0.423. The molecule has 0 unspecified atom stereocenters. The van der Waals surface area contributed by atoms with E-state index in [4.69, 9.17) is 14.2 Å². The minimum Gasteiger partial charge on any atom is -0.497 e. The summed E-state index contributed by atoms with van der Waals surface area (Å²) >= 11 is 0. The SMILES string of the molecule is COC(=O)CCN(Cc1ccccc1)C(=O)C1CCN(C(=O)c2cc(OC)cc(OC)c2)CC1. The van der Waals surface area contributed by atoms with E-state index in [-0.39, 0.29) is 30.1 Å². The highest BCUT2D eigenvalue weighted by molar-refractivity contribution is 5.95. The molecule has 0 saturated carbocycles. The molecule has 1 aliphatic rings. The van der Waals surface area contributed by atoms with Gasteiger partial charge in [-0.25, -0.2) is 0 Å². The van der Waals surface area contributed by atoms with Gasteiger partial charge in [0, 0.05) is 43.7 Å². The van der Waals surface area contributed by atoms with Crippen LogP contribution in [0.3, 0.4) is 0 Å². The first-order chi connectivity index (χ1) is 16.4. The average Bonchev–Trinajstić information content (AvgIpc) is 2.90. The second kappa shape index (κ2) is 12.1. The summed E-state index contributed by atoms with van der Waals surface area (Å²) in [7, 11) is 4.43. The maximum absolute atomic E-state index is 13.4. The number of benzene rings is 2. The van der Waals surface area contributed by atoms with Crippen LogP contribution in [-0.4, -0.2) is 68.5 Å². The first-order valence-electron chi connectivity index (χ1n) is 11.4. The number of ether oxygens (including phenoxy) is 3. The quantitative estimate of drug-likeness (QED) is 0.526. The molecule has 1 fully saturated rings. The van der Waals surface area contributed by atoms with Gasteiger partial charge in [-0.2, -0.15) is 0 Å². The van der Waals surface area contributed by atoms with E-state index in [1.165, 1.54) is 7.11 Å². The van der Waals surface area contributed by atoms with Gasteiger partial charge in [-0.1, -0.05) is 30.3 Å². The Bertz CT molecular complexity index is 964. The number of carbonyl (C=O) groups is 3. The van der Waals surface area contributed by atoms with E-state index in [0.717, 1.165) is 5.56 Å². The minimum atomic E-state index is -0.347. The number of nitrogens with zero attached hydrogens (tertiary/aromatic N) is 2. The molecule has 2 aromatic carbocycles. The van der Waals surface area contributed by atoms with E-state index in [0.29, 0.717) is 56.1 Å². The molecule has 1 aliphatic heterocycles. The van der Waals surface area contributed by atoms with Crippen LogP contribution in [0, 0.1) is 5.92 Å². The van der Waals surface area contributed by atoms with E-state index >= 15 is 0 Å². The Balaban J connectivity index is 1.65. The molecule has 1 heterocycles. The van der Waals surface area contributed by atoms with E-state index in [2.05, 4.69) is 0 Å². The van der Waals surface area contributed by atoms with Crippen molar-refractivity contribution in [2.45, 2.75) is 25.8 Å². The summed E-state index contributed by atoms with van der Waals surface area (Å²) in [5, 5.41) is 0. The van der Waals surface area contributed by atoms with Gasteiger partial charge in [0.05, 0.1) is 27.8 Å². The maximum atomic E-state index is 13.4. The molecule has 0 radical (unpaired) electrons. The third kappa shape index (κ3) is 6.50. The summed E-state index contributed by atoms with van der Waals surface area (Å²) in [4.78, 5) is 41.6. The molecular formula is C26H32N2O6. The molecule has 0 aliphatic carbocycles. The topological polar surface area (TPSA) is 85.4 Å². The lowest BCUT2D eigenvalue weighted by Crippen LogP contribution is -2.44. The largest absolute Gasteiger partial charge is 0.497 e. The van der Waals surface area contributed by atoms with Crippen molar-refractivity contribution in [3.63, 3.8) is 0 Å². The van der Waals surface area contributed by atoms with Crippen LogP contribution in [0.1, 0.15) is 35.2 Å². The van der Waals surface area contributed by atoms with Crippen LogP contribution in [0.5, 0.6) is 11.5 Å². The summed E-state index contributed by atoms with van der Waals surface area (Å²) in [6.45, 7) is 1.68. The van der Waals surface area contributed by atoms with E-state index in [1.807, 2.05) is 30.3 Å². The number of esters is 1. The number of amides is 2. The maximum Gasteiger partial charge on any atom is 0.307 e. The molecule has 8 nitrogen and oxygen atoms in total. The van der Waals surface area contributed by atoms with Gasteiger partial charge in [-0.3, -0.25) is 14.4 Å². The Morgan fingerprint density at radius 1 is 0.941 bits per heavy atom. The smallest absolute Gasteiger partial charge is 0.307 e. The summed E-state index contributed by atoms with van der Waals surface area (Å²) in [6.07, 6.45) is 1.27. The number of rotatable bonds is 9. The Morgan fingerprint density at radius 3 is 2.12 bits per heavy atom. The van der Waals surface area contributed by atoms with Gasteiger partial charge in [-0.05, 0) is 30.5 Å². The van der Waals surface area contributed by atoms with Crippen LogP contribution in [0.4, 0.5) is 0 Å². The monoisotopic (exact) mass is 468 g/mol. The highest BCUT2D eigenvalue weighted by Crippen LogP contribution is 2.26. The standard InChI is InChI=1S/C26H32N2O6/c1-32-22-15-21(16-23(17-22)33-2)26(31)27-12-9-20(10-13-27)25(30)28(14-11-24(29)34-3)18-19-7-5-4-6-8-19/h4-8,15-17,20H,9-14,18H2,1-3H3. The van der Waals surface area contributed by atoms with Crippen molar-refractivity contribution in [3.05, 3.63) is 59.7 Å². The molecule has 0 bridgehead atoms. The van der Waals surface area contributed by atoms with Gasteiger partial charge in [-0.15, -0.1) is 0 Å². The highest BCUT2D eigenvalue weighted by atomic mass is 16.5. The van der Waals surface area contributed by atoms with Crippen molar-refractivity contribution in [1.82, 2.24) is 9.80 Å². The average molecular weight is 469 g/mol. The molecule has 2 amide bonds. The fourth-order valence-electron chi connectivity index (χ4n) is 4.10. The summed E-state index contributed by atoms with van der Waals surface area (Å²) in [6, 6.07) is 14.8.